The molecule has 0 aromatic heterocycles. The van der Waals surface area contributed by atoms with E-state index in [9.17, 15) is 9.59 Å². The SMILES string of the molecule is CC1Oc2ccc(NC(=O)C(C(C)C)N3CCCCC3)cc2NC1=O. The molecular weight excluding hydrogens is 318 g/mol. The van der Waals surface area contributed by atoms with Gasteiger partial charge in [0, 0.05) is 5.69 Å². The fourth-order valence-electron chi connectivity index (χ4n) is 3.59. The molecule has 0 radical (unpaired) electrons. The predicted molar refractivity (Wildman–Crippen MR) is 97.8 cm³/mol. The normalized spacial score (nSPS) is 21.9. The van der Waals surface area contributed by atoms with Crippen molar-refractivity contribution in [2.75, 3.05) is 23.7 Å². The van der Waals surface area contributed by atoms with Gasteiger partial charge in [-0.2, -0.15) is 0 Å². The molecule has 25 heavy (non-hydrogen) atoms. The van der Waals surface area contributed by atoms with Gasteiger partial charge in [0.1, 0.15) is 5.75 Å². The standard InChI is InChI=1S/C19H27N3O3/c1-12(2)17(22-9-5-4-6-10-22)19(24)20-14-7-8-16-15(11-14)21-18(23)13(3)25-16/h7-8,11-13,17H,4-6,9-10H2,1-3H3,(H,20,24)(H,21,23). The molecule has 2 amide bonds. The fourth-order valence-corrected chi connectivity index (χ4v) is 3.59. The smallest absolute Gasteiger partial charge is 0.265 e. The second-order valence-corrected chi connectivity index (χ2v) is 7.24. The van der Waals surface area contributed by atoms with Crippen LogP contribution >= 0.6 is 0 Å². The molecule has 1 fully saturated rings. The van der Waals surface area contributed by atoms with Crippen LogP contribution in [-0.4, -0.2) is 41.9 Å². The van der Waals surface area contributed by atoms with Crippen molar-refractivity contribution in [2.45, 2.75) is 52.2 Å². The van der Waals surface area contributed by atoms with Gasteiger partial charge < -0.3 is 15.4 Å². The Morgan fingerprint density at radius 1 is 1.28 bits per heavy atom. The Bertz CT molecular complexity index is 653. The lowest BCUT2D eigenvalue weighted by Gasteiger charge is -2.35. The van der Waals surface area contributed by atoms with E-state index < -0.39 is 6.10 Å². The maximum atomic E-state index is 12.9. The summed E-state index contributed by atoms with van der Waals surface area (Å²) in [6, 6.07) is 5.22. The highest BCUT2D eigenvalue weighted by Crippen LogP contribution is 2.32. The fraction of sp³-hybridized carbons (Fsp3) is 0.579. The summed E-state index contributed by atoms with van der Waals surface area (Å²) >= 11 is 0. The molecule has 6 nitrogen and oxygen atoms in total. The summed E-state index contributed by atoms with van der Waals surface area (Å²) in [7, 11) is 0. The van der Waals surface area contributed by atoms with E-state index in [4.69, 9.17) is 4.74 Å². The summed E-state index contributed by atoms with van der Waals surface area (Å²) in [5, 5.41) is 5.82. The number of anilines is 2. The van der Waals surface area contributed by atoms with E-state index in [-0.39, 0.29) is 23.8 Å². The molecule has 3 rings (SSSR count). The van der Waals surface area contributed by atoms with Crippen LogP contribution < -0.4 is 15.4 Å². The van der Waals surface area contributed by atoms with E-state index in [0.717, 1.165) is 25.9 Å². The minimum atomic E-state index is -0.502. The highest BCUT2D eigenvalue weighted by atomic mass is 16.5. The van der Waals surface area contributed by atoms with Crippen LogP contribution in [0.25, 0.3) is 0 Å². The number of nitrogens with zero attached hydrogens (tertiary/aromatic N) is 1. The lowest BCUT2D eigenvalue weighted by Crippen LogP contribution is -2.49. The van der Waals surface area contributed by atoms with Crippen LogP contribution in [0.3, 0.4) is 0 Å². The molecule has 1 aromatic carbocycles. The van der Waals surface area contributed by atoms with Crippen LogP contribution in [0.2, 0.25) is 0 Å². The van der Waals surface area contributed by atoms with E-state index in [1.165, 1.54) is 6.42 Å². The zero-order valence-electron chi connectivity index (χ0n) is 15.2. The highest BCUT2D eigenvalue weighted by molar-refractivity contribution is 6.00. The van der Waals surface area contributed by atoms with E-state index in [2.05, 4.69) is 29.4 Å². The van der Waals surface area contributed by atoms with Gasteiger partial charge in [0.2, 0.25) is 5.91 Å². The molecule has 136 valence electrons. The topological polar surface area (TPSA) is 70.7 Å². The molecule has 0 saturated carbocycles. The summed E-state index contributed by atoms with van der Waals surface area (Å²) in [5.41, 5.74) is 1.27. The van der Waals surface area contributed by atoms with Crippen molar-refractivity contribution in [1.29, 1.82) is 0 Å². The number of carbonyl (C=O) groups is 2. The number of rotatable bonds is 4. The number of ether oxygens (including phenoxy) is 1. The number of benzene rings is 1. The summed E-state index contributed by atoms with van der Waals surface area (Å²) in [6.07, 6.45) is 3.04. The summed E-state index contributed by atoms with van der Waals surface area (Å²) < 4.78 is 5.55. The van der Waals surface area contributed by atoms with Gasteiger partial charge in [-0.05, 0) is 57.0 Å². The molecule has 2 unspecified atom stereocenters. The zero-order chi connectivity index (χ0) is 18.0. The van der Waals surface area contributed by atoms with Crippen LogP contribution in [0.4, 0.5) is 11.4 Å². The van der Waals surface area contributed by atoms with Crippen LogP contribution in [0, 0.1) is 5.92 Å². The lowest BCUT2D eigenvalue weighted by atomic mass is 9.98. The number of nitrogens with one attached hydrogen (secondary N) is 2. The van der Waals surface area contributed by atoms with E-state index in [0.29, 0.717) is 17.1 Å². The number of fused-ring (bicyclic) bond motifs is 1. The molecule has 1 saturated heterocycles. The zero-order valence-corrected chi connectivity index (χ0v) is 15.2. The first kappa shape index (κ1) is 17.7. The molecular formula is C19H27N3O3. The molecule has 2 N–H and O–H groups in total. The maximum Gasteiger partial charge on any atom is 0.265 e. The van der Waals surface area contributed by atoms with Crippen LogP contribution in [0.1, 0.15) is 40.0 Å². The van der Waals surface area contributed by atoms with E-state index in [1.54, 1.807) is 19.1 Å². The van der Waals surface area contributed by atoms with Gasteiger partial charge in [-0.1, -0.05) is 20.3 Å². The molecule has 0 bridgehead atoms. The van der Waals surface area contributed by atoms with Crippen LogP contribution in [0.15, 0.2) is 18.2 Å². The Labute approximate surface area is 148 Å². The summed E-state index contributed by atoms with van der Waals surface area (Å²) in [5.74, 6) is 0.693. The number of likely N-dealkylation sites (tertiary alicyclic amines) is 1. The van der Waals surface area contributed by atoms with Gasteiger partial charge in [-0.25, -0.2) is 0 Å². The minimum absolute atomic E-state index is 0.00766. The third-order valence-corrected chi connectivity index (χ3v) is 4.86. The first-order chi connectivity index (χ1) is 12.0. The van der Waals surface area contributed by atoms with Gasteiger partial charge in [0.25, 0.3) is 5.91 Å². The number of piperidine rings is 1. The van der Waals surface area contributed by atoms with Crippen LogP contribution in [-0.2, 0) is 9.59 Å². The largest absolute Gasteiger partial charge is 0.479 e. The lowest BCUT2D eigenvalue weighted by molar-refractivity contribution is -0.123. The van der Waals surface area contributed by atoms with Gasteiger partial charge in [-0.3, -0.25) is 14.5 Å². The predicted octanol–water partition coefficient (Wildman–Crippen LogP) is 2.86. The molecule has 0 aliphatic carbocycles. The maximum absolute atomic E-state index is 12.9. The summed E-state index contributed by atoms with van der Waals surface area (Å²) in [6.45, 7) is 7.83. The van der Waals surface area contributed by atoms with Crippen molar-refractivity contribution in [3.63, 3.8) is 0 Å². The molecule has 2 heterocycles. The number of amides is 2. The Morgan fingerprint density at radius 2 is 2.00 bits per heavy atom. The first-order valence-electron chi connectivity index (χ1n) is 9.12. The number of hydrogen-bond donors (Lipinski definition) is 2. The Morgan fingerprint density at radius 3 is 2.68 bits per heavy atom. The quantitative estimate of drug-likeness (QED) is 0.880. The third-order valence-electron chi connectivity index (χ3n) is 4.86. The van der Waals surface area contributed by atoms with Crippen molar-refractivity contribution in [3.8, 4) is 5.75 Å². The molecule has 2 aliphatic rings. The Hall–Kier alpha value is -2.08. The van der Waals surface area contributed by atoms with E-state index >= 15 is 0 Å². The highest BCUT2D eigenvalue weighted by Gasteiger charge is 2.30. The van der Waals surface area contributed by atoms with Gasteiger partial charge in [-0.15, -0.1) is 0 Å². The van der Waals surface area contributed by atoms with Crippen molar-refractivity contribution in [2.24, 2.45) is 5.92 Å². The average molecular weight is 345 g/mol. The van der Waals surface area contributed by atoms with Crippen molar-refractivity contribution < 1.29 is 14.3 Å². The Kier molecular flexibility index (Phi) is 5.27. The minimum Gasteiger partial charge on any atom is -0.479 e. The average Bonchev–Trinajstić information content (AvgIpc) is 2.57. The number of hydrogen-bond acceptors (Lipinski definition) is 4. The number of carbonyl (C=O) groups excluding carboxylic acids is 2. The summed E-state index contributed by atoms with van der Waals surface area (Å²) in [4.78, 5) is 26.9. The van der Waals surface area contributed by atoms with Gasteiger partial charge >= 0.3 is 0 Å². The molecule has 2 aliphatic heterocycles. The molecule has 1 aromatic rings. The van der Waals surface area contributed by atoms with Crippen molar-refractivity contribution in [3.05, 3.63) is 18.2 Å². The molecule has 0 spiro atoms. The van der Waals surface area contributed by atoms with Crippen LogP contribution in [0.5, 0.6) is 5.75 Å². The molecule has 2 atom stereocenters. The van der Waals surface area contributed by atoms with E-state index in [1.807, 2.05) is 6.07 Å². The second kappa shape index (κ2) is 7.44. The van der Waals surface area contributed by atoms with Crippen molar-refractivity contribution in [1.82, 2.24) is 4.90 Å². The van der Waals surface area contributed by atoms with Gasteiger partial charge in [0.15, 0.2) is 6.10 Å². The third kappa shape index (κ3) is 3.95. The van der Waals surface area contributed by atoms with Gasteiger partial charge in [0.05, 0.1) is 11.7 Å². The second-order valence-electron chi connectivity index (χ2n) is 7.24. The van der Waals surface area contributed by atoms with Crippen molar-refractivity contribution >= 4 is 23.2 Å². The Balaban J connectivity index is 1.73. The molecule has 6 heteroatoms. The first-order valence-corrected chi connectivity index (χ1v) is 9.12. The monoisotopic (exact) mass is 345 g/mol.